The molecule has 1 aromatic carbocycles. The van der Waals surface area contributed by atoms with Crippen LogP contribution in [0.5, 0.6) is 5.75 Å². The van der Waals surface area contributed by atoms with Crippen molar-refractivity contribution in [3.05, 3.63) is 74.4 Å². The number of hydrogen-bond acceptors (Lipinski definition) is 6. The number of nitrogens with zero attached hydrogens (tertiary/aromatic N) is 4. The van der Waals surface area contributed by atoms with E-state index in [1.807, 2.05) is 23.7 Å². The molecule has 0 saturated heterocycles. The Balaban J connectivity index is 1.22. The van der Waals surface area contributed by atoms with Crippen molar-refractivity contribution < 1.29 is 4.74 Å². The Kier molecular flexibility index (Phi) is 7.02. The lowest BCUT2D eigenvalue weighted by Crippen LogP contribution is -2.35. The number of aromatic nitrogens is 4. The van der Waals surface area contributed by atoms with E-state index in [9.17, 15) is 4.79 Å². The van der Waals surface area contributed by atoms with E-state index in [0.29, 0.717) is 12.6 Å². The smallest absolute Gasteiger partial charge is 0.262 e. The van der Waals surface area contributed by atoms with Crippen molar-refractivity contribution in [1.82, 2.24) is 24.6 Å². The number of aryl methyl sites for hydroxylation is 5. The van der Waals surface area contributed by atoms with Gasteiger partial charge in [0.05, 0.1) is 24.5 Å². The lowest BCUT2D eigenvalue weighted by molar-refractivity contribution is 0.414. The van der Waals surface area contributed by atoms with Gasteiger partial charge in [0.25, 0.3) is 5.56 Å². The molecule has 3 heterocycles. The fourth-order valence-corrected chi connectivity index (χ4v) is 6.33. The predicted octanol–water partition coefficient (Wildman–Crippen LogP) is 4.06. The molecule has 1 N–H and O–H groups in total. The molecule has 0 spiro atoms. The maximum absolute atomic E-state index is 13.3. The molecular weight excluding hydrogens is 458 g/mol. The third-order valence-electron chi connectivity index (χ3n) is 6.89. The highest BCUT2D eigenvalue weighted by molar-refractivity contribution is 7.18. The number of nitrogens with one attached hydrogen (secondary N) is 1. The van der Waals surface area contributed by atoms with Crippen LogP contribution in [0.15, 0.2) is 41.5 Å². The molecule has 0 fully saturated rings. The van der Waals surface area contributed by atoms with Crippen molar-refractivity contribution in [2.24, 2.45) is 0 Å². The second-order valence-electron chi connectivity index (χ2n) is 9.43. The second-order valence-corrected chi connectivity index (χ2v) is 10.5. The van der Waals surface area contributed by atoms with E-state index >= 15 is 0 Å². The summed E-state index contributed by atoms with van der Waals surface area (Å²) in [7, 11) is 1.70. The van der Waals surface area contributed by atoms with Gasteiger partial charge >= 0.3 is 0 Å². The van der Waals surface area contributed by atoms with Crippen molar-refractivity contribution in [1.29, 1.82) is 0 Å². The second kappa shape index (κ2) is 10.3. The summed E-state index contributed by atoms with van der Waals surface area (Å²) in [4.78, 5) is 20.2. The molecule has 0 saturated carbocycles. The van der Waals surface area contributed by atoms with Gasteiger partial charge in [-0.25, -0.2) is 4.98 Å². The van der Waals surface area contributed by atoms with Crippen LogP contribution < -0.4 is 15.6 Å². The van der Waals surface area contributed by atoms with Crippen LogP contribution in [0.3, 0.4) is 0 Å². The summed E-state index contributed by atoms with van der Waals surface area (Å²) >= 11 is 1.69. The number of methoxy groups -OCH3 is 1. The van der Waals surface area contributed by atoms with E-state index in [4.69, 9.17) is 4.74 Å². The minimum atomic E-state index is 0.102. The first-order valence-electron chi connectivity index (χ1n) is 12.4. The Morgan fingerprint density at radius 3 is 2.91 bits per heavy atom. The molecule has 1 atom stereocenters. The molecule has 0 amide bonds. The zero-order valence-corrected chi connectivity index (χ0v) is 21.5. The summed E-state index contributed by atoms with van der Waals surface area (Å²) in [5.41, 5.74) is 4.78. The first-order chi connectivity index (χ1) is 17.0. The Morgan fingerprint density at radius 1 is 1.23 bits per heavy atom. The fraction of sp³-hybridized carbons (Fsp3) is 0.444. The van der Waals surface area contributed by atoms with Gasteiger partial charge in [0, 0.05) is 29.7 Å². The zero-order valence-electron chi connectivity index (χ0n) is 20.7. The number of fused-ring (bicyclic) bond motifs is 3. The summed E-state index contributed by atoms with van der Waals surface area (Å²) in [6.07, 6.45) is 6.48. The number of benzene rings is 1. The van der Waals surface area contributed by atoms with Crippen molar-refractivity contribution in [2.45, 2.75) is 65.1 Å². The average Bonchev–Trinajstić information content (AvgIpc) is 3.39. The van der Waals surface area contributed by atoms with Gasteiger partial charge in [-0.15, -0.1) is 11.3 Å². The Hall–Kier alpha value is -2.97. The van der Waals surface area contributed by atoms with Crippen LogP contribution in [0.25, 0.3) is 10.2 Å². The van der Waals surface area contributed by atoms with E-state index in [1.165, 1.54) is 16.0 Å². The minimum absolute atomic E-state index is 0.102. The minimum Gasteiger partial charge on any atom is -0.497 e. The number of ether oxygens (including phenoxy) is 1. The van der Waals surface area contributed by atoms with Crippen LogP contribution in [0, 0.1) is 13.8 Å². The molecule has 184 valence electrons. The number of thiophene rings is 1. The molecule has 0 radical (unpaired) electrons. The molecule has 5 rings (SSSR count). The van der Waals surface area contributed by atoms with Gasteiger partial charge in [-0.05, 0) is 81.8 Å². The molecule has 7 nitrogen and oxygen atoms in total. The highest BCUT2D eigenvalue weighted by atomic mass is 32.1. The average molecular weight is 492 g/mol. The molecule has 0 aliphatic heterocycles. The third-order valence-corrected chi connectivity index (χ3v) is 8.05. The molecule has 1 unspecified atom stereocenters. The summed E-state index contributed by atoms with van der Waals surface area (Å²) in [6.45, 7) is 6.46. The van der Waals surface area contributed by atoms with Gasteiger partial charge in [-0.3, -0.25) is 14.0 Å². The fourth-order valence-electron chi connectivity index (χ4n) is 5.08. The van der Waals surface area contributed by atoms with Gasteiger partial charge in [-0.1, -0.05) is 12.1 Å². The first kappa shape index (κ1) is 23.8. The van der Waals surface area contributed by atoms with Crippen LogP contribution in [-0.4, -0.2) is 39.0 Å². The molecule has 4 aromatic rings. The maximum atomic E-state index is 13.3. The summed E-state index contributed by atoms with van der Waals surface area (Å²) in [6, 6.07) is 10.8. The highest BCUT2D eigenvalue weighted by Gasteiger charge is 2.25. The monoisotopic (exact) mass is 491 g/mol. The lowest BCUT2D eigenvalue weighted by atomic mass is 9.93. The molecule has 0 bridgehead atoms. The van der Waals surface area contributed by atoms with E-state index in [0.717, 1.165) is 72.5 Å². The largest absolute Gasteiger partial charge is 0.497 e. The van der Waals surface area contributed by atoms with E-state index in [-0.39, 0.29) is 5.56 Å². The normalized spacial score (nSPS) is 15.5. The molecular formula is C27H33N5O2S. The quantitative estimate of drug-likeness (QED) is 0.382. The van der Waals surface area contributed by atoms with E-state index < -0.39 is 0 Å². The van der Waals surface area contributed by atoms with Gasteiger partial charge in [-0.2, -0.15) is 5.10 Å². The Labute approximate surface area is 209 Å². The van der Waals surface area contributed by atoms with Gasteiger partial charge in [0.2, 0.25) is 0 Å². The van der Waals surface area contributed by atoms with Crippen molar-refractivity contribution in [3.8, 4) is 5.75 Å². The zero-order chi connectivity index (χ0) is 24.4. The van der Waals surface area contributed by atoms with Crippen molar-refractivity contribution in [2.75, 3.05) is 13.7 Å². The maximum Gasteiger partial charge on any atom is 0.262 e. The van der Waals surface area contributed by atoms with Crippen LogP contribution in [-0.2, 0) is 32.4 Å². The van der Waals surface area contributed by atoms with Crippen molar-refractivity contribution in [3.63, 3.8) is 0 Å². The van der Waals surface area contributed by atoms with Gasteiger partial charge < -0.3 is 10.1 Å². The Bertz CT molecular complexity index is 1390. The Morgan fingerprint density at radius 2 is 2.11 bits per heavy atom. The molecule has 1 aliphatic carbocycles. The summed E-state index contributed by atoms with van der Waals surface area (Å²) < 4.78 is 9.12. The van der Waals surface area contributed by atoms with Crippen LogP contribution in [0.2, 0.25) is 0 Å². The molecule has 35 heavy (non-hydrogen) atoms. The van der Waals surface area contributed by atoms with Crippen molar-refractivity contribution >= 4 is 21.6 Å². The van der Waals surface area contributed by atoms with E-state index in [1.54, 1.807) is 29.3 Å². The number of rotatable bonds is 9. The lowest BCUT2D eigenvalue weighted by Gasteiger charge is -2.23. The molecule has 1 aliphatic rings. The van der Waals surface area contributed by atoms with Gasteiger partial charge in [0.1, 0.15) is 10.6 Å². The SMILES string of the molecule is COc1cccc(CCNC2CCc3c(sc4ncn(CCCn5nc(C)cc5C)c(=O)c34)C2)c1. The van der Waals surface area contributed by atoms with Crippen LogP contribution in [0.1, 0.15) is 40.2 Å². The van der Waals surface area contributed by atoms with Crippen LogP contribution >= 0.6 is 11.3 Å². The summed E-state index contributed by atoms with van der Waals surface area (Å²) in [5, 5.41) is 9.08. The highest BCUT2D eigenvalue weighted by Crippen LogP contribution is 2.33. The summed E-state index contributed by atoms with van der Waals surface area (Å²) in [5.74, 6) is 0.903. The van der Waals surface area contributed by atoms with E-state index in [2.05, 4.69) is 40.5 Å². The third kappa shape index (κ3) is 5.18. The topological polar surface area (TPSA) is 74.0 Å². The first-order valence-corrected chi connectivity index (χ1v) is 13.2. The van der Waals surface area contributed by atoms with Crippen LogP contribution in [0.4, 0.5) is 0 Å². The van der Waals surface area contributed by atoms with Gasteiger partial charge in [0.15, 0.2) is 0 Å². The predicted molar refractivity (Wildman–Crippen MR) is 141 cm³/mol. The molecule has 8 heteroatoms. The number of hydrogen-bond donors (Lipinski definition) is 1. The standard InChI is InChI=1S/C27H33N5O2S/c1-18-14-19(2)32(30-18)13-5-12-31-17-29-26-25(27(31)33)23-9-8-21(16-24(23)35-26)28-11-10-20-6-4-7-22(15-20)34-3/h4,6-7,14-15,17,21,28H,5,8-13,16H2,1-3H3. The molecule has 3 aromatic heterocycles.